The molecule has 2 aromatic heterocycles. The zero-order chi connectivity index (χ0) is 12.1. The third-order valence-corrected chi connectivity index (χ3v) is 3.75. The number of aliphatic hydroxyl groups is 1. The van der Waals surface area contributed by atoms with E-state index in [2.05, 4.69) is 34.4 Å². The first-order valence-electron chi connectivity index (χ1n) is 5.97. The van der Waals surface area contributed by atoms with Crippen molar-refractivity contribution in [2.45, 2.75) is 19.3 Å². The molecule has 0 aromatic carbocycles. The Bertz CT molecular complexity index is 469. The number of thiophene rings is 1. The van der Waals surface area contributed by atoms with Gasteiger partial charge in [-0.3, -0.25) is 0 Å². The van der Waals surface area contributed by atoms with Gasteiger partial charge < -0.3 is 10.0 Å². The topological polar surface area (TPSA) is 36.4 Å². The zero-order valence-corrected chi connectivity index (χ0v) is 10.9. The van der Waals surface area contributed by atoms with Crippen LogP contribution in [0.15, 0.2) is 23.7 Å². The maximum absolute atomic E-state index is 8.74. The van der Waals surface area contributed by atoms with Crippen LogP contribution in [0.5, 0.6) is 0 Å². The average Bonchev–Trinajstić information content (AvgIpc) is 2.82. The number of aromatic nitrogens is 1. The number of hydrogen-bond donors (Lipinski definition) is 1. The number of aliphatic hydroxyl groups excluding tert-OH is 1. The van der Waals surface area contributed by atoms with Crippen LogP contribution in [0.1, 0.15) is 19.3 Å². The van der Waals surface area contributed by atoms with Gasteiger partial charge in [-0.15, -0.1) is 11.3 Å². The molecule has 0 atom stereocenters. The van der Waals surface area contributed by atoms with Crippen molar-refractivity contribution in [2.75, 3.05) is 25.1 Å². The molecule has 0 fully saturated rings. The number of anilines is 1. The van der Waals surface area contributed by atoms with Crippen molar-refractivity contribution in [1.82, 2.24) is 4.98 Å². The van der Waals surface area contributed by atoms with Crippen molar-refractivity contribution >= 4 is 27.2 Å². The Morgan fingerprint density at radius 1 is 1.29 bits per heavy atom. The van der Waals surface area contributed by atoms with Crippen molar-refractivity contribution in [3.05, 3.63) is 23.7 Å². The lowest BCUT2D eigenvalue weighted by Crippen LogP contribution is -2.19. The van der Waals surface area contributed by atoms with E-state index in [9.17, 15) is 0 Å². The lowest BCUT2D eigenvalue weighted by atomic mass is 10.2. The van der Waals surface area contributed by atoms with Crippen LogP contribution in [0, 0.1) is 0 Å². The van der Waals surface area contributed by atoms with Crippen molar-refractivity contribution < 1.29 is 5.11 Å². The molecule has 92 valence electrons. The van der Waals surface area contributed by atoms with Gasteiger partial charge in [0.15, 0.2) is 0 Å². The van der Waals surface area contributed by atoms with E-state index in [1.165, 1.54) is 10.1 Å². The summed E-state index contributed by atoms with van der Waals surface area (Å²) in [7, 11) is 2.08. The Hall–Kier alpha value is -1.13. The maximum Gasteiger partial charge on any atom is 0.136 e. The first-order valence-corrected chi connectivity index (χ1v) is 6.85. The molecule has 0 aliphatic rings. The highest BCUT2D eigenvalue weighted by atomic mass is 32.1. The van der Waals surface area contributed by atoms with Crippen molar-refractivity contribution in [1.29, 1.82) is 0 Å². The van der Waals surface area contributed by atoms with Crippen molar-refractivity contribution in [3.63, 3.8) is 0 Å². The molecule has 2 heterocycles. The third kappa shape index (κ3) is 2.96. The molecule has 3 nitrogen and oxygen atoms in total. The van der Waals surface area contributed by atoms with E-state index in [4.69, 9.17) is 5.11 Å². The average molecular weight is 250 g/mol. The maximum atomic E-state index is 8.74. The minimum Gasteiger partial charge on any atom is -0.396 e. The number of hydrogen-bond acceptors (Lipinski definition) is 4. The van der Waals surface area contributed by atoms with Gasteiger partial charge in [-0.25, -0.2) is 4.98 Å². The summed E-state index contributed by atoms with van der Waals surface area (Å²) in [6.07, 6.45) is 4.93. The van der Waals surface area contributed by atoms with Gasteiger partial charge in [0.05, 0.1) is 0 Å². The van der Waals surface area contributed by atoms with E-state index in [0.717, 1.165) is 31.6 Å². The standard InChI is InChI=1S/C13H18N2OS/c1-15(8-3-2-4-9-16)13-11-6-10-17-12(11)5-7-14-13/h5-7,10,16H,2-4,8-9H2,1H3. The molecule has 0 saturated carbocycles. The Balaban J connectivity index is 2.03. The molecule has 0 amide bonds. The Morgan fingerprint density at radius 2 is 2.18 bits per heavy atom. The van der Waals surface area contributed by atoms with Crippen LogP contribution >= 0.6 is 11.3 Å². The van der Waals surface area contributed by atoms with Crippen LogP contribution in [0.25, 0.3) is 10.1 Å². The van der Waals surface area contributed by atoms with Crippen molar-refractivity contribution in [2.24, 2.45) is 0 Å². The monoisotopic (exact) mass is 250 g/mol. The number of rotatable bonds is 6. The van der Waals surface area contributed by atoms with Crippen LogP contribution in [-0.2, 0) is 0 Å². The van der Waals surface area contributed by atoms with Gasteiger partial charge in [0, 0.05) is 36.5 Å². The summed E-state index contributed by atoms with van der Waals surface area (Å²) in [6, 6.07) is 4.19. The van der Waals surface area contributed by atoms with E-state index < -0.39 is 0 Å². The van der Waals surface area contributed by atoms with Crippen LogP contribution in [0.2, 0.25) is 0 Å². The second-order valence-corrected chi connectivity index (χ2v) is 5.12. The molecule has 0 unspecified atom stereocenters. The highest BCUT2D eigenvalue weighted by molar-refractivity contribution is 7.17. The fourth-order valence-electron chi connectivity index (χ4n) is 1.93. The molecule has 0 spiro atoms. The Morgan fingerprint density at radius 3 is 3.00 bits per heavy atom. The molecule has 0 aliphatic carbocycles. The molecule has 1 N–H and O–H groups in total. The first kappa shape index (κ1) is 12.3. The molecule has 2 rings (SSSR count). The second kappa shape index (κ2) is 5.98. The van der Waals surface area contributed by atoms with Gasteiger partial charge >= 0.3 is 0 Å². The quantitative estimate of drug-likeness (QED) is 0.801. The summed E-state index contributed by atoms with van der Waals surface area (Å²) < 4.78 is 1.29. The van der Waals surface area contributed by atoms with Crippen LogP contribution in [0.3, 0.4) is 0 Å². The van der Waals surface area contributed by atoms with E-state index in [1.54, 1.807) is 11.3 Å². The molecule has 0 radical (unpaired) electrons. The lowest BCUT2D eigenvalue weighted by molar-refractivity contribution is 0.283. The molecular formula is C13H18N2OS. The van der Waals surface area contributed by atoms with Crippen LogP contribution in [-0.4, -0.2) is 30.3 Å². The van der Waals surface area contributed by atoms with E-state index in [-0.39, 0.29) is 0 Å². The van der Waals surface area contributed by atoms with E-state index >= 15 is 0 Å². The summed E-state index contributed by atoms with van der Waals surface area (Å²) in [5, 5.41) is 12.1. The summed E-state index contributed by atoms with van der Waals surface area (Å²) in [4.78, 5) is 6.66. The molecule has 0 aliphatic heterocycles. The number of fused-ring (bicyclic) bond motifs is 1. The zero-order valence-electron chi connectivity index (χ0n) is 10.1. The molecule has 4 heteroatoms. The highest BCUT2D eigenvalue weighted by Gasteiger charge is 2.07. The first-order chi connectivity index (χ1) is 8.33. The molecule has 2 aromatic rings. The minimum absolute atomic E-state index is 0.294. The predicted octanol–water partition coefficient (Wildman–Crippen LogP) is 2.90. The lowest BCUT2D eigenvalue weighted by Gasteiger charge is -2.18. The van der Waals surface area contributed by atoms with Crippen LogP contribution in [0.4, 0.5) is 5.82 Å². The Labute approximate surface area is 106 Å². The van der Waals surface area contributed by atoms with Crippen LogP contribution < -0.4 is 4.90 Å². The minimum atomic E-state index is 0.294. The summed E-state index contributed by atoms with van der Waals surface area (Å²) in [5.74, 6) is 1.06. The van der Waals surface area contributed by atoms with Crippen molar-refractivity contribution in [3.8, 4) is 0 Å². The Kier molecular flexibility index (Phi) is 4.34. The smallest absolute Gasteiger partial charge is 0.136 e. The number of unbranched alkanes of at least 4 members (excludes halogenated alkanes) is 2. The van der Waals surface area contributed by atoms with Gasteiger partial charge in [-0.1, -0.05) is 0 Å². The number of nitrogens with zero attached hydrogens (tertiary/aromatic N) is 2. The number of pyridine rings is 1. The van der Waals surface area contributed by atoms with Gasteiger partial charge in [-0.2, -0.15) is 0 Å². The fourth-order valence-corrected chi connectivity index (χ4v) is 2.70. The molecule has 0 saturated heterocycles. The summed E-state index contributed by atoms with van der Waals surface area (Å²) in [6.45, 7) is 1.28. The molecular weight excluding hydrogens is 232 g/mol. The largest absolute Gasteiger partial charge is 0.396 e. The van der Waals surface area contributed by atoms with Gasteiger partial charge in [0.25, 0.3) is 0 Å². The normalized spacial score (nSPS) is 10.9. The highest BCUT2D eigenvalue weighted by Crippen LogP contribution is 2.27. The molecule has 17 heavy (non-hydrogen) atoms. The summed E-state index contributed by atoms with van der Waals surface area (Å²) >= 11 is 1.75. The van der Waals surface area contributed by atoms with E-state index in [1.807, 2.05) is 6.20 Å². The third-order valence-electron chi connectivity index (χ3n) is 2.87. The second-order valence-electron chi connectivity index (χ2n) is 4.17. The van der Waals surface area contributed by atoms with Gasteiger partial charge in [-0.05, 0) is 36.8 Å². The SMILES string of the molecule is CN(CCCCCO)c1nccc2sccc12. The fraction of sp³-hybridized carbons (Fsp3) is 0.462. The van der Waals surface area contributed by atoms with E-state index in [0.29, 0.717) is 6.61 Å². The summed E-state index contributed by atoms with van der Waals surface area (Å²) in [5.41, 5.74) is 0. The van der Waals surface area contributed by atoms with Gasteiger partial charge in [0.1, 0.15) is 5.82 Å². The van der Waals surface area contributed by atoms with Gasteiger partial charge in [0.2, 0.25) is 0 Å². The molecule has 0 bridgehead atoms. The predicted molar refractivity (Wildman–Crippen MR) is 73.8 cm³/mol.